The number of amides is 2. The van der Waals surface area contributed by atoms with E-state index in [4.69, 9.17) is 0 Å². The summed E-state index contributed by atoms with van der Waals surface area (Å²) in [6.45, 7) is 5.66. The lowest BCUT2D eigenvalue weighted by atomic mass is 9.91. The van der Waals surface area contributed by atoms with Gasteiger partial charge in [0.2, 0.25) is 5.91 Å². The van der Waals surface area contributed by atoms with Crippen LogP contribution < -0.4 is 5.32 Å². The molecule has 2 aromatic rings. The number of benzene rings is 2. The Bertz CT molecular complexity index is 918. The Labute approximate surface area is 169 Å². The van der Waals surface area contributed by atoms with E-state index in [9.17, 15) is 19.7 Å². The second-order valence-corrected chi connectivity index (χ2v) is 7.81. The fourth-order valence-electron chi connectivity index (χ4n) is 3.98. The average molecular weight is 395 g/mol. The monoisotopic (exact) mass is 395 g/mol. The maximum Gasteiger partial charge on any atom is 0.273 e. The number of carbonyl (C=O) groups excluding carboxylic acids is 2. The van der Waals surface area contributed by atoms with Crippen LogP contribution in [0.25, 0.3) is 0 Å². The van der Waals surface area contributed by atoms with Gasteiger partial charge in [-0.3, -0.25) is 19.7 Å². The van der Waals surface area contributed by atoms with Crippen LogP contribution >= 0.6 is 0 Å². The van der Waals surface area contributed by atoms with E-state index in [-0.39, 0.29) is 18.0 Å². The fourth-order valence-corrected chi connectivity index (χ4v) is 3.98. The minimum absolute atomic E-state index is 0.0942. The van der Waals surface area contributed by atoms with Gasteiger partial charge in [-0.2, -0.15) is 0 Å². The molecule has 2 atom stereocenters. The third-order valence-corrected chi connectivity index (χ3v) is 5.13. The van der Waals surface area contributed by atoms with Crippen molar-refractivity contribution in [3.63, 3.8) is 0 Å². The molecule has 1 fully saturated rings. The predicted molar refractivity (Wildman–Crippen MR) is 111 cm³/mol. The van der Waals surface area contributed by atoms with Gasteiger partial charge in [-0.05, 0) is 30.4 Å². The number of hydrogen-bond donors (Lipinski definition) is 1. The van der Waals surface area contributed by atoms with Gasteiger partial charge in [0.15, 0.2) is 0 Å². The molecule has 0 bridgehead atoms. The molecule has 1 heterocycles. The largest absolute Gasteiger partial charge is 0.338 e. The number of nitrogens with zero attached hydrogens (tertiary/aromatic N) is 2. The lowest BCUT2D eigenvalue weighted by Crippen LogP contribution is -2.42. The normalized spacial score (nSPS) is 18.9. The highest BCUT2D eigenvalue weighted by Gasteiger charge is 2.27. The highest BCUT2D eigenvalue weighted by atomic mass is 16.6. The average Bonchev–Trinajstić information content (AvgIpc) is 2.67. The van der Waals surface area contributed by atoms with Gasteiger partial charge < -0.3 is 10.2 Å². The molecule has 0 aromatic heterocycles. The van der Waals surface area contributed by atoms with Gasteiger partial charge in [-0.15, -0.1) is 0 Å². The Morgan fingerprint density at radius 2 is 1.69 bits per heavy atom. The maximum atomic E-state index is 13.1. The van der Waals surface area contributed by atoms with Crippen LogP contribution in [0.3, 0.4) is 0 Å². The molecule has 7 heteroatoms. The standard InChI is InChI=1S/C22H25N3O4/c1-15-11-16(2)14-24(13-15)22(27)18-8-4-5-9-19(18)23-21(26)12-17-7-3-6-10-20(17)25(28)29/h3-10,15-16H,11-14H2,1-2H3,(H,23,26)/t15-,16+. The second kappa shape index (κ2) is 8.86. The summed E-state index contributed by atoms with van der Waals surface area (Å²) >= 11 is 0. The topological polar surface area (TPSA) is 92.6 Å². The summed E-state index contributed by atoms with van der Waals surface area (Å²) in [4.78, 5) is 38.1. The minimum atomic E-state index is -0.501. The summed E-state index contributed by atoms with van der Waals surface area (Å²) in [5.74, 6) is 0.357. The number of hydrogen-bond acceptors (Lipinski definition) is 4. The van der Waals surface area contributed by atoms with E-state index in [2.05, 4.69) is 19.2 Å². The maximum absolute atomic E-state index is 13.1. The molecule has 0 saturated carbocycles. The Hall–Kier alpha value is -3.22. The number of para-hydroxylation sites is 2. The van der Waals surface area contributed by atoms with Crippen molar-refractivity contribution >= 4 is 23.2 Å². The highest BCUT2D eigenvalue weighted by Crippen LogP contribution is 2.25. The lowest BCUT2D eigenvalue weighted by Gasteiger charge is -2.35. The molecule has 7 nitrogen and oxygen atoms in total. The molecule has 1 aliphatic rings. The molecule has 0 radical (unpaired) electrons. The quantitative estimate of drug-likeness (QED) is 0.614. The van der Waals surface area contributed by atoms with E-state index in [0.29, 0.717) is 41.7 Å². The van der Waals surface area contributed by atoms with Gasteiger partial charge in [-0.25, -0.2) is 0 Å². The lowest BCUT2D eigenvalue weighted by molar-refractivity contribution is -0.385. The zero-order valence-electron chi connectivity index (χ0n) is 16.6. The van der Waals surface area contributed by atoms with Gasteiger partial charge in [-0.1, -0.05) is 44.2 Å². The first kappa shape index (κ1) is 20.5. The van der Waals surface area contributed by atoms with Crippen molar-refractivity contribution in [2.75, 3.05) is 18.4 Å². The van der Waals surface area contributed by atoms with Gasteiger partial charge in [0.1, 0.15) is 0 Å². The first-order valence-electron chi connectivity index (χ1n) is 9.75. The van der Waals surface area contributed by atoms with E-state index in [1.54, 1.807) is 42.5 Å². The van der Waals surface area contributed by atoms with Gasteiger partial charge in [0, 0.05) is 24.7 Å². The Morgan fingerprint density at radius 1 is 1.07 bits per heavy atom. The molecule has 1 aliphatic heterocycles. The van der Waals surface area contributed by atoms with Crippen LogP contribution in [0.15, 0.2) is 48.5 Å². The third kappa shape index (κ3) is 4.99. The summed E-state index contributed by atoms with van der Waals surface area (Å²) < 4.78 is 0. The number of carbonyl (C=O) groups is 2. The first-order chi connectivity index (χ1) is 13.8. The van der Waals surface area contributed by atoms with Crippen molar-refractivity contribution in [1.29, 1.82) is 0 Å². The zero-order valence-corrected chi connectivity index (χ0v) is 16.6. The second-order valence-electron chi connectivity index (χ2n) is 7.81. The summed E-state index contributed by atoms with van der Waals surface area (Å²) in [5, 5.41) is 13.9. The van der Waals surface area contributed by atoms with Crippen LogP contribution in [-0.2, 0) is 11.2 Å². The smallest absolute Gasteiger partial charge is 0.273 e. The number of nitrogens with one attached hydrogen (secondary N) is 1. The van der Waals surface area contributed by atoms with Gasteiger partial charge >= 0.3 is 0 Å². The number of rotatable bonds is 5. The Balaban J connectivity index is 1.76. The van der Waals surface area contributed by atoms with E-state index in [0.717, 1.165) is 6.42 Å². The van der Waals surface area contributed by atoms with Gasteiger partial charge in [0.25, 0.3) is 11.6 Å². The van der Waals surface area contributed by atoms with E-state index in [1.807, 2.05) is 4.90 Å². The SMILES string of the molecule is C[C@@H]1C[C@H](C)CN(C(=O)c2ccccc2NC(=O)Cc2ccccc2[N+](=O)[O-])C1. The molecule has 3 rings (SSSR count). The number of nitro groups is 1. The molecular formula is C22H25N3O4. The molecule has 0 aliphatic carbocycles. The third-order valence-electron chi connectivity index (χ3n) is 5.13. The molecule has 2 aromatic carbocycles. The molecule has 1 N–H and O–H groups in total. The molecule has 1 saturated heterocycles. The summed E-state index contributed by atoms with van der Waals surface area (Å²) in [7, 11) is 0. The van der Waals surface area contributed by atoms with Crippen molar-refractivity contribution in [2.24, 2.45) is 11.8 Å². The molecule has 29 heavy (non-hydrogen) atoms. The summed E-state index contributed by atoms with van der Waals surface area (Å²) in [6, 6.07) is 13.1. The minimum Gasteiger partial charge on any atom is -0.338 e. The van der Waals surface area contributed by atoms with E-state index >= 15 is 0 Å². The molecule has 2 amide bonds. The van der Waals surface area contributed by atoms with E-state index < -0.39 is 10.8 Å². The summed E-state index contributed by atoms with van der Waals surface area (Å²) in [5.41, 5.74) is 1.09. The molecule has 0 spiro atoms. The fraction of sp³-hybridized carbons (Fsp3) is 0.364. The predicted octanol–water partition coefficient (Wildman–Crippen LogP) is 3.89. The molecular weight excluding hydrogens is 370 g/mol. The van der Waals surface area contributed by atoms with Crippen LogP contribution in [0.5, 0.6) is 0 Å². The van der Waals surface area contributed by atoms with Crippen molar-refractivity contribution in [1.82, 2.24) is 4.90 Å². The van der Waals surface area contributed by atoms with Crippen molar-refractivity contribution in [3.05, 3.63) is 69.8 Å². The number of anilines is 1. The Kier molecular flexibility index (Phi) is 6.26. The van der Waals surface area contributed by atoms with Crippen molar-refractivity contribution in [2.45, 2.75) is 26.7 Å². The number of piperidine rings is 1. The Morgan fingerprint density at radius 3 is 2.38 bits per heavy atom. The van der Waals surface area contributed by atoms with Crippen LogP contribution in [0, 0.1) is 22.0 Å². The van der Waals surface area contributed by atoms with Crippen molar-refractivity contribution < 1.29 is 14.5 Å². The summed E-state index contributed by atoms with van der Waals surface area (Å²) in [6.07, 6.45) is 0.954. The van der Waals surface area contributed by atoms with Crippen LogP contribution in [0.4, 0.5) is 11.4 Å². The van der Waals surface area contributed by atoms with Crippen LogP contribution in [0.2, 0.25) is 0 Å². The number of likely N-dealkylation sites (tertiary alicyclic amines) is 1. The number of nitro benzene ring substituents is 1. The zero-order chi connectivity index (χ0) is 21.0. The molecule has 0 unspecified atom stereocenters. The first-order valence-corrected chi connectivity index (χ1v) is 9.75. The van der Waals surface area contributed by atoms with Crippen LogP contribution in [-0.4, -0.2) is 34.7 Å². The van der Waals surface area contributed by atoms with Crippen LogP contribution in [0.1, 0.15) is 36.2 Å². The van der Waals surface area contributed by atoms with Crippen molar-refractivity contribution in [3.8, 4) is 0 Å². The highest BCUT2D eigenvalue weighted by molar-refractivity contribution is 6.04. The van der Waals surface area contributed by atoms with E-state index in [1.165, 1.54) is 6.07 Å². The van der Waals surface area contributed by atoms with Gasteiger partial charge in [0.05, 0.1) is 22.6 Å². The molecule has 152 valence electrons.